The number of para-hydroxylation sites is 3. The normalized spacial score (nSPS) is 13.4. The van der Waals surface area contributed by atoms with E-state index < -0.39 is 0 Å². The van der Waals surface area contributed by atoms with E-state index in [0.717, 1.165) is 39.1 Å². The Morgan fingerprint density at radius 1 is 0.424 bits per heavy atom. The molecular weight excluding hydrogens is 717 g/mol. The summed E-state index contributed by atoms with van der Waals surface area (Å²) in [6.07, 6.45) is 0. The predicted molar refractivity (Wildman–Crippen MR) is 246 cm³/mol. The quantitative estimate of drug-likeness (QED) is 0.180. The van der Waals surface area contributed by atoms with Crippen LogP contribution < -0.4 is 0 Å². The predicted octanol–water partition coefficient (Wildman–Crippen LogP) is 14.1. The lowest BCUT2D eigenvalue weighted by atomic mass is 9.80. The third-order valence-electron chi connectivity index (χ3n) is 13.1. The second kappa shape index (κ2) is 11.7. The van der Waals surface area contributed by atoms with Crippen LogP contribution in [-0.4, -0.2) is 19.1 Å². The van der Waals surface area contributed by atoms with Crippen LogP contribution in [0, 0.1) is 0 Å². The Morgan fingerprint density at radius 2 is 1.05 bits per heavy atom. The molecule has 0 N–H and O–H groups in total. The van der Waals surface area contributed by atoms with Crippen LogP contribution in [0.25, 0.3) is 110 Å². The van der Waals surface area contributed by atoms with E-state index in [4.69, 9.17) is 9.97 Å². The molecule has 0 aliphatic heterocycles. The highest BCUT2D eigenvalue weighted by Gasteiger charge is 2.38. The molecule has 4 heteroatoms. The maximum Gasteiger partial charge on any atom is 0.162 e. The third-order valence-corrected chi connectivity index (χ3v) is 13.1. The number of aromatic nitrogens is 4. The van der Waals surface area contributed by atoms with E-state index in [1.54, 1.807) is 0 Å². The summed E-state index contributed by atoms with van der Waals surface area (Å²) in [6, 6.07) is 66.3. The highest BCUT2D eigenvalue weighted by atomic mass is 15.1. The van der Waals surface area contributed by atoms with Crippen molar-refractivity contribution in [3.05, 3.63) is 193 Å². The van der Waals surface area contributed by atoms with Gasteiger partial charge in [-0.1, -0.05) is 166 Å². The summed E-state index contributed by atoms with van der Waals surface area (Å²) in [5.41, 5.74) is 12.7. The SMILES string of the molecule is CC1(C)c2ccccc2-c2cccc(-c3nc(-n4c5ccccc5c5c(-n6c7ccccc7c7ccc8ccccc8c76)c6ccccc6cc54)c4ccccc4n3)c21. The Bertz CT molecular complexity index is 3770. The van der Waals surface area contributed by atoms with Gasteiger partial charge >= 0.3 is 0 Å². The van der Waals surface area contributed by atoms with E-state index in [1.807, 2.05) is 0 Å². The molecule has 1 aliphatic carbocycles. The van der Waals surface area contributed by atoms with E-state index in [9.17, 15) is 0 Å². The smallest absolute Gasteiger partial charge is 0.162 e. The van der Waals surface area contributed by atoms with Crippen LogP contribution in [0.4, 0.5) is 0 Å². The molecule has 0 radical (unpaired) electrons. The van der Waals surface area contributed by atoms with Crippen LogP contribution in [0.15, 0.2) is 182 Å². The number of hydrogen-bond donors (Lipinski definition) is 0. The van der Waals surface area contributed by atoms with E-state index in [2.05, 4.69) is 205 Å². The molecule has 59 heavy (non-hydrogen) atoms. The highest BCUT2D eigenvalue weighted by Crippen LogP contribution is 2.52. The molecule has 0 spiro atoms. The van der Waals surface area contributed by atoms with Gasteiger partial charge in [-0.15, -0.1) is 0 Å². The van der Waals surface area contributed by atoms with E-state index in [-0.39, 0.29) is 5.41 Å². The number of benzene rings is 9. The van der Waals surface area contributed by atoms with Crippen molar-refractivity contribution in [1.29, 1.82) is 0 Å². The third kappa shape index (κ3) is 4.32. The summed E-state index contributed by atoms with van der Waals surface area (Å²) in [4.78, 5) is 11.0. The summed E-state index contributed by atoms with van der Waals surface area (Å²) in [6.45, 7) is 4.67. The Balaban J connectivity index is 1.19. The van der Waals surface area contributed by atoms with Crippen molar-refractivity contribution in [2.45, 2.75) is 19.3 Å². The first kappa shape index (κ1) is 32.5. The lowest BCUT2D eigenvalue weighted by molar-refractivity contribution is 0.661. The number of hydrogen-bond acceptors (Lipinski definition) is 2. The van der Waals surface area contributed by atoms with Gasteiger partial charge < -0.3 is 4.57 Å². The minimum absolute atomic E-state index is 0.217. The van der Waals surface area contributed by atoms with Gasteiger partial charge in [0.05, 0.1) is 33.3 Å². The van der Waals surface area contributed by atoms with Crippen molar-refractivity contribution in [1.82, 2.24) is 19.1 Å². The number of nitrogens with zero attached hydrogens (tertiary/aromatic N) is 4. The minimum Gasteiger partial charge on any atom is -0.307 e. The summed E-state index contributed by atoms with van der Waals surface area (Å²) >= 11 is 0. The molecule has 1 aliphatic rings. The topological polar surface area (TPSA) is 35.6 Å². The lowest BCUT2D eigenvalue weighted by Gasteiger charge is -2.24. The van der Waals surface area contributed by atoms with Gasteiger partial charge in [0.15, 0.2) is 5.82 Å². The second-order valence-corrected chi connectivity index (χ2v) is 16.5. The fourth-order valence-corrected chi connectivity index (χ4v) is 10.6. The molecule has 12 aromatic rings. The maximum atomic E-state index is 5.68. The summed E-state index contributed by atoms with van der Waals surface area (Å²) in [5.74, 6) is 1.61. The van der Waals surface area contributed by atoms with Crippen LogP contribution >= 0.6 is 0 Å². The molecule has 0 fully saturated rings. The van der Waals surface area contributed by atoms with Gasteiger partial charge in [0.1, 0.15) is 5.82 Å². The maximum absolute atomic E-state index is 5.68. The summed E-state index contributed by atoms with van der Waals surface area (Å²) < 4.78 is 4.95. The monoisotopic (exact) mass is 752 g/mol. The van der Waals surface area contributed by atoms with E-state index in [0.29, 0.717) is 0 Å². The Morgan fingerprint density at radius 3 is 1.90 bits per heavy atom. The molecule has 3 aromatic heterocycles. The molecule has 0 bridgehead atoms. The fraction of sp³-hybridized carbons (Fsp3) is 0.0545. The standard InChI is InChI=1S/C55H36N4/c1-55(2)44-26-11-7-20-37(44)39-24-15-25-43(50(39)55)53-56-45-27-12-8-22-41(45)54(57-53)58-47-29-14-10-23-42(47)49-48(58)32-34-17-4-6-19-36(34)52(49)59-46-28-13-9-21-38(46)40-31-30-33-16-3-5-18-35(33)51(40)59/h3-32H,1-2H3. The fourth-order valence-electron chi connectivity index (χ4n) is 10.6. The zero-order valence-corrected chi connectivity index (χ0v) is 32.6. The molecule has 13 rings (SSSR count). The van der Waals surface area contributed by atoms with Crippen LogP contribution in [0.1, 0.15) is 25.0 Å². The zero-order valence-electron chi connectivity index (χ0n) is 32.6. The van der Waals surface area contributed by atoms with Gasteiger partial charge in [-0.2, -0.15) is 0 Å². The molecule has 0 saturated carbocycles. The molecule has 3 heterocycles. The van der Waals surface area contributed by atoms with Crippen molar-refractivity contribution in [3.63, 3.8) is 0 Å². The van der Waals surface area contributed by atoms with Crippen LogP contribution in [-0.2, 0) is 5.41 Å². The molecule has 4 nitrogen and oxygen atoms in total. The lowest BCUT2D eigenvalue weighted by Crippen LogP contribution is -2.17. The molecule has 276 valence electrons. The largest absolute Gasteiger partial charge is 0.307 e. The van der Waals surface area contributed by atoms with E-state index in [1.165, 1.54) is 82.1 Å². The van der Waals surface area contributed by atoms with Gasteiger partial charge in [0.2, 0.25) is 0 Å². The van der Waals surface area contributed by atoms with Crippen molar-refractivity contribution in [2.75, 3.05) is 0 Å². The number of rotatable bonds is 3. The second-order valence-electron chi connectivity index (χ2n) is 16.5. The van der Waals surface area contributed by atoms with Crippen molar-refractivity contribution in [2.24, 2.45) is 0 Å². The first-order chi connectivity index (χ1) is 29.1. The van der Waals surface area contributed by atoms with Gasteiger partial charge in [-0.05, 0) is 63.4 Å². The molecule has 0 atom stereocenters. The highest BCUT2D eigenvalue weighted by molar-refractivity contribution is 6.25. The first-order valence-corrected chi connectivity index (χ1v) is 20.4. The van der Waals surface area contributed by atoms with Crippen LogP contribution in [0.2, 0.25) is 0 Å². The molecule has 0 saturated heterocycles. The molecular formula is C55H36N4. The van der Waals surface area contributed by atoms with Crippen molar-refractivity contribution in [3.8, 4) is 34.0 Å². The zero-order chi connectivity index (χ0) is 39.0. The molecule has 9 aromatic carbocycles. The first-order valence-electron chi connectivity index (χ1n) is 20.4. The summed E-state index contributed by atoms with van der Waals surface area (Å²) in [7, 11) is 0. The Labute approximate surface area is 340 Å². The van der Waals surface area contributed by atoms with Gasteiger partial charge in [0.25, 0.3) is 0 Å². The van der Waals surface area contributed by atoms with Crippen LogP contribution in [0.3, 0.4) is 0 Å². The molecule has 0 unspecified atom stereocenters. The minimum atomic E-state index is -0.217. The Hall–Kier alpha value is -7.56. The van der Waals surface area contributed by atoms with Gasteiger partial charge in [-0.25, -0.2) is 9.97 Å². The molecule has 0 amide bonds. The van der Waals surface area contributed by atoms with Gasteiger partial charge in [-0.3, -0.25) is 4.57 Å². The number of fused-ring (bicyclic) bond motifs is 13. The Kier molecular flexibility index (Phi) is 6.48. The van der Waals surface area contributed by atoms with Crippen LogP contribution in [0.5, 0.6) is 0 Å². The van der Waals surface area contributed by atoms with E-state index >= 15 is 0 Å². The van der Waals surface area contributed by atoms with Gasteiger partial charge in [0, 0.05) is 48.7 Å². The average molecular weight is 753 g/mol. The van der Waals surface area contributed by atoms with Crippen molar-refractivity contribution >= 4 is 76.1 Å². The van der Waals surface area contributed by atoms with Crippen molar-refractivity contribution < 1.29 is 0 Å². The summed E-state index contributed by atoms with van der Waals surface area (Å²) in [5, 5.41) is 10.7. The average Bonchev–Trinajstić information content (AvgIpc) is 3.88.